The second-order valence-electron chi connectivity index (χ2n) is 5.89. The van der Waals surface area contributed by atoms with Crippen molar-refractivity contribution in [3.63, 3.8) is 0 Å². The molecule has 0 atom stereocenters. The number of nitrogens with zero attached hydrogens (tertiary/aromatic N) is 5. The van der Waals surface area contributed by atoms with Gasteiger partial charge in [0, 0.05) is 39.3 Å². The molecular formula is C14H15F4N5O3. The molecule has 8 nitrogen and oxygen atoms in total. The van der Waals surface area contributed by atoms with Gasteiger partial charge in [0.15, 0.2) is 11.5 Å². The lowest BCUT2D eigenvalue weighted by molar-refractivity contribution is -0.352. The van der Waals surface area contributed by atoms with Crippen molar-refractivity contribution in [1.82, 2.24) is 19.8 Å². The van der Waals surface area contributed by atoms with Crippen LogP contribution in [0.1, 0.15) is 10.5 Å². The minimum absolute atomic E-state index is 0.129. The van der Waals surface area contributed by atoms with Crippen LogP contribution in [0, 0.1) is 5.82 Å². The topological polar surface area (TPSA) is 78.9 Å². The van der Waals surface area contributed by atoms with Gasteiger partial charge in [-0.25, -0.2) is 14.4 Å². The Balaban J connectivity index is 1.65. The van der Waals surface area contributed by atoms with E-state index < -0.39 is 29.9 Å². The minimum atomic E-state index is -4.78. The van der Waals surface area contributed by atoms with Crippen LogP contribution < -0.4 is 4.90 Å². The Hall–Kier alpha value is -2.50. The van der Waals surface area contributed by atoms with Gasteiger partial charge in [-0.3, -0.25) is 14.3 Å². The monoisotopic (exact) mass is 377 g/mol. The van der Waals surface area contributed by atoms with E-state index in [4.69, 9.17) is 0 Å². The molecule has 0 unspecified atom stereocenters. The third-order valence-corrected chi connectivity index (χ3v) is 4.12. The van der Waals surface area contributed by atoms with Crippen molar-refractivity contribution in [3.8, 4) is 0 Å². The molecule has 0 aromatic carbocycles. The van der Waals surface area contributed by atoms with Crippen molar-refractivity contribution < 1.29 is 31.9 Å². The highest BCUT2D eigenvalue weighted by Crippen LogP contribution is 2.25. The highest BCUT2D eigenvalue weighted by atomic mass is 19.4. The fourth-order valence-corrected chi connectivity index (χ4v) is 2.70. The van der Waals surface area contributed by atoms with Crippen molar-refractivity contribution in [3.05, 3.63) is 17.7 Å². The molecule has 3 heterocycles. The van der Waals surface area contributed by atoms with Crippen LogP contribution in [0.15, 0.2) is 6.20 Å². The zero-order valence-electron chi connectivity index (χ0n) is 13.4. The Morgan fingerprint density at radius 3 is 2.46 bits per heavy atom. The van der Waals surface area contributed by atoms with Crippen LogP contribution in [-0.2, 0) is 9.53 Å². The van der Waals surface area contributed by atoms with E-state index in [1.54, 1.807) is 9.80 Å². The number of amides is 2. The van der Waals surface area contributed by atoms with Gasteiger partial charge in [0.2, 0.25) is 12.4 Å². The van der Waals surface area contributed by atoms with E-state index in [1.165, 1.54) is 0 Å². The number of hydrogen-bond acceptors (Lipinski definition) is 6. The number of anilines is 1. The summed E-state index contributed by atoms with van der Waals surface area (Å²) >= 11 is 0. The molecule has 2 amide bonds. The zero-order chi connectivity index (χ0) is 18.9. The second kappa shape index (κ2) is 7.02. The summed E-state index contributed by atoms with van der Waals surface area (Å²) in [6, 6.07) is 0. The van der Waals surface area contributed by atoms with Gasteiger partial charge in [-0.05, 0) is 0 Å². The van der Waals surface area contributed by atoms with Gasteiger partial charge in [0.25, 0.3) is 5.91 Å². The minimum Gasteiger partial charge on any atom is -0.342 e. The largest absolute Gasteiger partial charge is 0.522 e. The molecule has 0 saturated carbocycles. The lowest BCUT2D eigenvalue weighted by atomic mass is 10.1. The first kappa shape index (κ1) is 18.3. The van der Waals surface area contributed by atoms with E-state index in [1.807, 2.05) is 0 Å². The van der Waals surface area contributed by atoms with E-state index in [2.05, 4.69) is 14.7 Å². The van der Waals surface area contributed by atoms with Crippen LogP contribution in [-0.4, -0.2) is 83.8 Å². The number of rotatable bonds is 4. The van der Waals surface area contributed by atoms with Gasteiger partial charge in [-0.1, -0.05) is 0 Å². The Labute approximate surface area is 145 Å². The smallest absolute Gasteiger partial charge is 0.342 e. The molecule has 0 N–H and O–H groups in total. The SMILES string of the molecule is O=CN1CCN(c2ncc(F)c(C(=O)N3CC(OC(F)(F)F)C3)n2)CC1. The first-order valence-corrected chi connectivity index (χ1v) is 7.77. The fourth-order valence-electron chi connectivity index (χ4n) is 2.70. The quantitative estimate of drug-likeness (QED) is 0.553. The summed E-state index contributed by atoms with van der Waals surface area (Å²) in [5.41, 5.74) is -0.502. The fraction of sp³-hybridized carbons (Fsp3) is 0.571. The van der Waals surface area contributed by atoms with Crippen molar-refractivity contribution in [2.24, 2.45) is 0 Å². The standard InChI is InChI=1S/C14H15F4N5O3/c15-10-5-19-13(22-3-1-21(8-24)2-4-22)20-11(10)12(25)23-6-9(7-23)26-14(16,17)18/h5,8-9H,1-4,6-7H2. The van der Waals surface area contributed by atoms with Crippen LogP contribution in [0.5, 0.6) is 0 Å². The third kappa shape index (κ3) is 4.00. The first-order chi connectivity index (χ1) is 12.3. The van der Waals surface area contributed by atoms with Crippen LogP contribution >= 0.6 is 0 Å². The molecular weight excluding hydrogens is 362 g/mol. The van der Waals surface area contributed by atoms with E-state index in [0.717, 1.165) is 17.5 Å². The predicted octanol–water partition coefficient (Wildman–Crippen LogP) is 0.255. The van der Waals surface area contributed by atoms with Crippen LogP contribution in [0.25, 0.3) is 0 Å². The number of carbonyl (C=O) groups is 2. The molecule has 142 valence electrons. The Bertz CT molecular complexity index is 688. The van der Waals surface area contributed by atoms with Gasteiger partial charge in [0.1, 0.15) is 6.10 Å². The number of carbonyl (C=O) groups excluding carboxylic acids is 2. The highest BCUT2D eigenvalue weighted by Gasteiger charge is 2.41. The van der Waals surface area contributed by atoms with E-state index >= 15 is 0 Å². The van der Waals surface area contributed by atoms with Crippen molar-refractivity contribution in [1.29, 1.82) is 0 Å². The second-order valence-corrected chi connectivity index (χ2v) is 5.89. The molecule has 3 rings (SSSR count). The van der Waals surface area contributed by atoms with Gasteiger partial charge in [0.05, 0.1) is 6.20 Å². The first-order valence-electron chi connectivity index (χ1n) is 7.77. The maximum absolute atomic E-state index is 13.9. The average Bonchev–Trinajstić information content (AvgIpc) is 2.57. The van der Waals surface area contributed by atoms with Gasteiger partial charge >= 0.3 is 6.36 Å². The maximum atomic E-state index is 13.9. The third-order valence-electron chi connectivity index (χ3n) is 4.12. The van der Waals surface area contributed by atoms with Crippen molar-refractivity contribution in [2.75, 3.05) is 44.2 Å². The van der Waals surface area contributed by atoms with Crippen molar-refractivity contribution >= 4 is 18.3 Å². The molecule has 1 aromatic heterocycles. The van der Waals surface area contributed by atoms with Gasteiger partial charge in [-0.2, -0.15) is 0 Å². The number of likely N-dealkylation sites (tertiary alicyclic amines) is 1. The Morgan fingerprint density at radius 2 is 1.88 bits per heavy atom. The van der Waals surface area contributed by atoms with Gasteiger partial charge in [-0.15, -0.1) is 13.2 Å². The maximum Gasteiger partial charge on any atom is 0.522 e. The summed E-state index contributed by atoms with van der Waals surface area (Å²) in [4.78, 5) is 35.1. The summed E-state index contributed by atoms with van der Waals surface area (Å²) < 4.78 is 54.1. The van der Waals surface area contributed by atoms with E-state index in [0.29, 0.717) is 26.2 Å². The molecule has 0 radical (unpaired) electrons. The average molecular weight is 377 g/mol. The molecule has 0 aliphatic carbocycles. The van der Waals surface area contributed by atoms with E-state index in [-0.39, 0.29) is 19.0 Å². The summed E-state index contributed by atoms with van der Waals surface area (Å²) in [5.74, 6) is -1.64. The molecule has 12 heteroatoms. The summed E-state index contributed by atoms with van der Waals surface area (Å²) in [5, 5.41) is 0. The number of halogens is 4. The zero-order valence-corrected chi connectivity index (χ0v) is 13.4. The lowest BCUT2D eigenvalue weighted by Gasteiger charge is -2.38. The number of piperazine rings is 1. The predicted molar refractivity (Wildman–Crippen MR) is 78.7 cm³/mol. The molecule has 2 fully saturated rings. The molecule has 0 bridgehead atoms. The van der Waals surface area contributed by atoms with Crippen LogP contribution in [0.4, 0.5) is 23.5 Å². The number of ether oxygens (including phenoxy) is 1. The Morgan fingerprint density at radius 1 is 1.23 bits per heavy atom. The normalized spacial score (nSPS) is 18.7. The number of aromatic nitrogens is 2. The molecule has 2 aliphatic heterocycles. The molecule has 0 spiro atoms. The molecule has 26 heavy (non-hydrogen) atoms. The molecule has 2 aliphatic rings. The lowest BCUT2D eigenvalue weighted by Crippen LogP contribution is -2.56. The highest BCUT2D eigenvalue weighted by molar-refractivity contribution is 5.93. The number of alkyl halides is 3. The van der Waals surface area contributed by atoms with Crippen molar-refractivity contribution in [2.45, 2.75) is 12.5 Å². The van der Waals surface area contributed by atoms with Gasteiger partial charge < -0.3 is 14.7 Å². The van der Waals surface area contributed by atoms with Crippen LogP contribution in [0.3, 0.4) is 0 Å². The summed E-state index contributed by atoms with van der Waals surface area (Å²) in [6.07, 6.45) is -4.37. The molecule has 1 aromatic rings. The number of hydrogen-bond donors (Lipinski definition) is 0. The summed E-state index contributed by atoms with van der Waals surface area (Å²) in [6.45, 7) is 1.13. The van der Waals surface area contributed by atoms with Crippen LogP contribution in [0.2, 0.25) is 0 Å². The Kier molecular flexibility index (Phi) is 4.94. The summed E-state index contributed by atoms with van der Waals surface area (Å²) in [7, 11) is 0. The molecule has 2 saturated heterocycles. The van der Waals surface area contributed by atoms with E-state index in [9.17, 15) is 27.2 Å².